The molecule has 0 bridgehead atoms. The van der Waals surface area contributed by atoms with Crippen LogP contribution in [0.4, 0.5) is 0 Å². The Hall–Kier alpha value is -0.320. The van der Waals surface area contributed by atoms with Gasteiger partial charge in [0.2, 0.25) is 5.91 Å². The molecule has 118 valence electrons. The molecule has 20 heavy (non-hydrogen) atoms. The van der Waals surface area contributed by atoms with E-state index < -0.39 is 5.54 Å². The van der Waals surface area contributed by atoms with E-state index in [2.05, 4.69) is 13.8 Å². The number of carbonyl (C=O) groups excluding carboxylic acids is 1. The number of nitrogens with zero attached hydrogens (tertiary/aromatic N) is 1. The van der Waals surface area contributed by atoms with Gasteiger partial charge in [-0.2, -0.15) is 0 Å². The summed E-state index contributed by atoms with van der Waals surface area (Å²) in [7, 11) is 1.91. The Morgan fingerprint density at radius 3 is 2.35 bits per heavy atom. The van der Waals surface area contributed by atoms with Crippen molar-refractivity contribution in [1.82, 2.24) is 4.90 Å². The van der Waals surface area contributed by atoms with Crippen LogP contribution in [-0.2, 0) is 9.53 Å². The summed E-state index contributed by atoms with van der Waals surface area (Å²) in [6.45, 7) is 7.12. The first-order chi connectivity index (χ1) is 8.83. The van der Waals surface area contributed by atoms with Gasteiger partial charge in [-0.15, -0.1) is 12.4 Å². The first kappa shape index (κ1) is 17.7. The number of nitrogens with two attached hydrogens (primary N) is 1. The number of halogens is 1. The van der Waals surface area contributed by atoms with Crippen molar-refractivity contribution >= 4 is 18.3 Å². The van der Waals surface area contributed by atoms with E-state index in [4.69, 9.17) is 10.5 Å². The lowest BCUT2D eigenvalue weighted by Crippen LogP contribution is -2.66. The van der Waals surface area contributed by atoms with Crippen LogP contribution in [0.3, 0.4) is 0 Å². The molecule has 2 unspecified atom stereocenters. The van der Waals surface area contributed by atoms with Crippen LogP contribution in [0.2, 0.25) is 0 Å². The summed E-state index contributed by atoms with van der Waals surface area (Å²) < 4.78 is 5.73. The molecule has 0 heterocycles. The van der Waals surface area contributed by atoms with Gasteiger partial charge in [-0.1, -0.05) is 26.7 Å². The Kier molecular flexibility index (Phi) is 5.50. The highest BCUT2D eigenvalue weighted by Crippen LogP contribution is 2.46. The highest BCUT2D eigenvalue weighted by molar-refractivity contribution is 5.86. The summed E-state index contributed by atoms with van der Waals surface area (Å²) in [5, 5.41) is 0. The Morgan fingerprint density at radius 1 is 1.35 bits per heavy atom. The third kappa shape index (κ3) is 2.83. The lowest BCUT2D eigenvalue weighted by molar-refractivity contribution is -0.167. The average Bonchev–Trinajstić information content (AvgIpc) is 2.80. The highest BCUT2D eigenvalue weighted by atomic mass is 35.5. The minimum absolute atomic E-state index is 0. The zero-order valence-corrected chi connectivity index (χ0v) is 14.0. The third-order valence-corrected chi connectivity index (χ3v) is 5.20. The van der Waals surface area contributed by atoms with E-state index in [0.717, 1.165) is 38.7 Å². The van der Waals surface area contributed by atoms with Crippen molar-refractivity contribution in [2.75, 3.05) is 13.7 Å². The molecule has 2 rings (SSSR count). The molecule has 2 saturated carbocycles. The molecule has 0 aromatic heterocycles. The van der Waals surface area contributed by atoms with Crippen LogP contribution in [-0.4, -0.2) is 42.1 Å². The standard InChI is InChI=1S/C15H28N2O2.ClH/c1-5-19-12-10-11(14(12,2)3)17(4)13(18)15(16)8-6-7-9-15;/h11-12H,5-10,16H2,1-4H3;1H. The molecule has 0 spiro atoms. The SMILES string of the molecule is CCOC1CC(N(C)C(=O)C2(N)CCCC2)C1(C)C.Cl. The number of rotatable bonds is 4. The van der Waals surface area contributed by atoms with Crippen molar-refractivity contribution in [1.29, 1.82) is 0 Å². The molecule has 2 aliphatic carbocycles. The second kappa shape index (κ2) is 6.20. The summed E-state index contributed by atoms with van der Waals surface area (Å²) >= 11 is 0. The first-order valence-electron chi connectivity index (χ1n) is 7.50. The number of ether oxygens (including phenoxy) is 1. The van der Waals surface area contributed by atoms with Crippen molar-refractivity contribution in [3.05, 3.63) is 0 Å². The first-order valence-corrected chi connectivity index (χ1v) is 7.50. The quantitative estimate of drug-likeness (QED) is 0.867. The fourth-order valence-corrected chi connectivity index (χ4v) is 3.72. The minimum Gasteiger partial charge on any atom is -0.378 e. The van der Waals surface area contributed by atoms with E-state index in [-0.39, 0.29) is 35.9 Å². The molecular weight excluding hydrogens is 276 g/mol. The molecule has 0 aromatic carbocycles. The van der Waals surface area contributed by atoms with Crippen LogP contribution in [0, 0.1) is 5.41 Å². The molecular formula is C15H29ClN2O2. The predicted molar refractivity (Wildman–Crippen MR) is 83.0 cm³/mol. The summed E-state index contributed by atoms with van der Waals surface area (Å²) in [5.74, 6) is 0.123. The van der Waals surface area contributed by atoms with E-state index in [1.807, 2.05) is 18.9 Å². The second-order valence-electron chi connectivity index (χ2n) is 6.80. The lowest BCUT2D eigenvalue weighted by Gasteiger charge is -2.55. The lowest BCUT2D eigenvalue weighted by atomic mass is 9.63. The molecule has 5 heteroatoms. The van der Waals surface area contributed by atoms with Crippen LogP contribution >= 0.6 is 12.4 Å². The van der Waals surface area contributed by atoms with Crippen molar-refractivity contribution in [3.63, 3.8) is 0 Å². The number of carbonyl (C=O) groups is 1. The zero-order chi connectivity index (χ0) is 14.3. The molecule has 0 radical (unpaired) electrons. The Bertz CT molecular complexity index is 354. The highest BCUT2D eigenvalue weighted by Gasteiger charge is 2.53. The molecule has 2 fully saturated rings. The van der Waals surface area contributed by atoms with E-state index in [0.29, 0.717) is 0 Å². The third-order valence-electron chi connectivity index (χ3n) is 5.20. The molecule has 0 aliphatic heterocycles. The molecule has 1 amide bonds. The van der Waals surface area contributed by atoms with Gasteiger partial charge in [0.1, 0.15) is 0 Å². The Labute approximate surface area is 128 Å². The van der Waals surface area contributed by atoms with Crippen LogP contribution in [0.15, 0.2) is 0 Å². The zero-order valence-electron chi connectivity index (χ0n) is 13.1. The second-order valence-corrected chi connectivity index (χ2v) is 6.80. The van der Waals surface area contributed by atoms with E-state index in [1.165, 1.54) is 0 Å². The maximum absolute atomic E-state index is 12.6. The van der Waals surface area contributed by atoms with Crippen LogP contribution in [0.5, 0.6) is 0 Å². The monoisotopic (exact) mass is 304 g/mol. The number of hydrogen-bond donors (Lipinski definition) is 1. The van der Waals surface area contributed by atoms with Gasteiger partial charge in [0.15, 0.2) is 0 Å². The van der Waals surface area contributed by atoms with Gasteiger partial charge in [0.25, 0.3) is 0 Å². The fourth-order valence-electron chi connectivity index (χ4n) is 3.72. The van der Waals surface area contributed by atoms with Crippen LogP contribution in [0.25, 0.3) is 0 Å². The largest absolute Gasteiger partial charge is 0.378 e. The van der Waals surface area contributed by atoms with Gasteiger partial charge >= 0.3 is 0 Å². The molecule has 0 aromatic rings. The van der Waals surface area contributed by atoms with Crippen molar-refractivity contribution in [2.24, 2.45) is 11.1 Å². The van der Waals surface area contributed by atoms with Gasteiger partial charge < -0.3 is 15.4 Å². The number of amides is 1. The summed E-state index contributed by atoms with van der Waals surface area (Å²) in [6, 6.07) is 0.248. The maximum atomic E-state index is 12.6. The predicted octanol–water partition coefficient (Wildman–Crippen LogP) is 2.34. The van der Waals surface area contributed by atoms with Gasteiger partial charge in [0, 0.05) is 25.1 Å². The normalized spacial score (nSPS) is 30.2. The average molecular weight is 305 g/mol. The summed E-state index contributed by atoms with van der Waals surface area (Å²) in [6.07, 6.45) is 5.00. The van der Waals surface area contributed by atoms with Crippen molar-refractivity contribution in [3.8, 4) is 0 Å². The van der Waals surface area contributed by atoms with Crippen LogP contribution in [0.1, 0.15) is 52.9 Å². The smallest absolute Gasteiger partial charge is 0.242 e. The molecule has 4 nitrogen and oxygen atoms in total. The fraction of sp³-hybridized carbons (Fsp3) is 0.933. The van der Waals surface area contributed by atoms with E-state index >= 15 is 0 Å². The Morgan fingerprint density at radius 2 is 1.90 bits per heavy atom. The van der Waals surface area contributed by atoms with Crippen molar-refractivity contribution < 1.29 is 9.53 Å². The van der Waals surface area contributed by atoms with Crippen LogP contribution < -0.4 is 5.73 Å². The van der Waals surface area contributed by atoms with Gasteiger partial charge in [-0.3, -0.25) is 4.79 Å². The summed E-state index contributed by atoms with van der Waals surface area (Å²) in [4.78, 5) is 14.5. The molecule has 2 aliphatic rings. The Balaban J connectivity index is 0.00000200. The number of likely N-dealkylation sites (N-methyl/N-ethyl adjacent to an activating group) is 1. The molecule has 2 atom stereocenters. The van der Waals surface area contributed by atoms with Gasteiger partial charge in [0.05, 0.1) is 11.6 Å². The van der Waals surface area contributed by atoms with Crippen molar-refractivity contribution in [2.45, 2.75) is 70.6 Å². The molecule has 2 N–H and O–H groups in total. The summed E-state index contributed by atoms with van der Waals surface area (Å²) in [5.41, 5.74) is 5.69. The molecule has 0 saturated heterocycles. The van der Waals surface area contributed by atoms with E-state index in [9.17, 15) is 4.79 Å². The minimum atomic E-state index is -0.610. The van der Waals surface area contributed by atoms with E-state index in [1.54, 1.807) is 0 Å². The maximum Gasteiger partial charge on any atom is 0.242 e. The number of hydrogen-bond acceptors (Lipinski definition) is 3. The van der Waals surface area contributed by atoms with Gasteiger partial charge in [-0.25, -0.2) is 0 Å². The van der Waals surface area contributed by atoms with Gasteiger partial charge in [-0.05, 0) is 26.2 Å². The topological polar surface area (TPSA) is 55.6 Å².